The first-order valence-electron chi connectivity index (χ1n) is 9.94. The van der Waals surface area contributed by atoms with Gasteiger partial charge in [0, 0.05) is 27.9 Å². The Morgan fingerprint density at radius 2 is 1.60 bits per heavy atom. The van der Waals surface area contributed by atoms with Crippen molar-refractivity contribution in [1.82, 2.24) is 4.57 Å². The number of carbonyl (C=O) groups is 2. The highest BCUT2D eigenvalue weighted by Crippen LogP contribution is 2.35. The summed E-state index contributed by atoms with van der Waals surface area (Å²) < 4.78 is 48.6. The van der Waals surface area contributed by atoms with E-state index in [4.69, 9.17) is 16.3 Å². The number of benzene rings is 3. The Morgan fingerprint density at radius 3 is 2.26 bits per heavy atom. The van der Waals surface area contributed by atoms with Gasteiger partial charge in [0.05, 0.1) is 17.5 Å². The number of hydrogen-bond donors (Lipinski definition) is 2. The number of carboxylic acids is 2. The minimum absolute atomic E-state index is 0.0139. The molecule has 11 heteroatoms. The number of ether oxygens (including phenoxy) is 2. The van der Waals surface area contributed by atoms with Gasteiger partial charge in [-0.1, -0.05) is 23.7 Å². The number of hydrogen-bond acceptors (Lipinski definition) is 4. The summed E-state index contributed by atoms with van der Waals surface area (Å²) >= 11 is 6.10. The van der Waals surface area contributed by atoms with Gasteiger partial charge in [0.25, 0.3) is 0 Å². The van der Waals surface area contributed by atoms with Crippen molar-refractivity contribution < 1.29 is 42.4 Å². The lowest BCUT2D eigenvalue weighted by Crippen LogP contribution is -2.16. The molecule has 0 aliphatic rings. The van der Waals surface area contributed by atoms with Crippen LogP contribution in [0.25, 0.3) is 16.6 Å². The molecule has 0 saturated carbocycles. The lowest BCUT2D eigenvalue weighted by atomic mass is 10.1. The second-order valence-corrected chi connectivity index (χ2v) is 7.75. The van der Waals surface area contributed by atoms with Crippen LogP contribution < -0.4 is 9.47 Å². The molecule has 4 rings (SSSR count). The van der Waals surface area contributed by atoms with Crippen molar-refractivity contribution in [2.75, 3.05) is 0 Å². The van der Waals surface area contributed by atoms with E-state index in [1.165, 1.54) is 34.9 Å². The average molecular weight is 506 g/mol. The lowest BCUT2D eigenvalue weighted by Gasteiger charge is -2.12. The number of rotatable bonds is 7. The second kappa shape index (κ2) is 9.22. The normalized spacial score (nSPS) is 11.4. The van der Waals surface area contributed by atoms with Gasteiger partial charge in [-0.3, -0.25) is 4.79 Å². The number of aromatic carboxylic acids is 1. The highest BCUT2D eigenvalue weighted by molar-refractivity contribution is 6.30. The van der Waals surface area contributed by atoms with E-state index in [0.29, 0.717) is 16.2 Å². The number of nitrogens with zero attached hydrogens (tertiary/aromatic N) is 1. The molecule has 0 aliphatic carbocycles. The molecule has 35 heavy (non-hydrogen) atoms. The molecule has 3 aromatic carbocycles. The molecule has 0 amide bonds. The molecule has 0 spiro atoms. The fourth-order valence-corrected chi connectivity index (χ4v) is 3.90. The van der Waals surface area contributed by atoms with Crippen LogP contribution in [0.15, 0.2) is 66.7 Å². The molecule has 2 N–H and O–H groups in total. The number of aliphatic carboxylic acids is 1. The van der Waals surface area contributed by atoms with E-state index in [-0.39, 0.29) is 28.1 Å². The van der Waals surface area contributed by atoms with Gasteiger partial charge in [0.15, 0.2) is 0 Å². The van der Waals surface area contributed by atoms with Crippen molar-refractivity contribution in [2.24, 2.45) is 0 Å². The van der Waals surface area contributed by atoms with Crippen molar-refractivity contribution in [3.63, 3.8) is 0 Å². The van der Waals surface area contributed by atoms with Crippen molar-refractivity contribution in [1.29, 1.82) is 0 Å². The highest BCUT2D eigenvalue weighted by Gasteiger charge is 2.31. The molecule has 1 aromatic heterocycles. The molecule has 180 valence electrons. The van der Waals surface area contributed by atoms with E-state index in [9.17, 15) is 33.0 Å². The maximum absolute atomic E-state index is 12.5. The van der Waals surface area contributed by atoms with Crippen molar-refractivity contribution in [3.05, 3.63) is 83.0 Å². The topological polar surface area (TPSA) is 98.0 Å². The number of fused-ring (bicyclic) bond motifs is 1. The van der Waals surface area contributed by atoms with Crippen LogP contribution in [0, 0.1) is 0 Å². The van der Waals surface area contributed by atoms with Crippen molar-refractivity contribution in [2.45, 2.75) is 12.8 Å². The SMILES string of the molecule is O=C(O)Cc1c(C(=O)O)c2cc(Oc3cccc(OC(F)(F)F)c3)ccc2n1-c1cccc(Cl)c1. The van der Waals surface area contributed by atoms with Gasteiger partial charge in [-0.05, 0) is 48.5 Å². The smallest absolute Gasteiger partial charge is 0.481 e. The summed E-state index contributed by atoms with van der Waals surface area (Å²) in [6, 6.07) is 15.7. The zero-order chi connectivity index (χ0) is 25.3. The Bertz CT molecular complexity index is 1450. The molecule has 0 unspecified atom stereocenters. The number of carboxylic acid groups (broad SMARTS) is 2. The van der Waals surface area contributed by atoms with Crippen LogP contribution in [0.4, 0.5) is 13.2 Å². The first kappa shape index (κ1) is 24.0. The van der Waals surface area contributed by atoms with E-state index < -0.39 is 30.5 Å². The van der Waals surface area contributed by atoms with Crippen LogP contribution in [0.2, 0.25) is 5.02 Å². The summed E-state index contributed by atoms with van der Waals surface area (Å²) in [4.78, 5) is 23.7. The predicted octanol–water partition coefficient (Wildman–Crippen LogP) is 6.30. The maximum atomic E-state index is 12.5. The monoisotopic (exact) mass is 505 g/mol. The van der Waals surface area contributed by atoms with Gasteiger partial charge < -0.3 is 24.3 Å². The Kier molecular flexibility index (Phi) is 6.31. The molecule has 0 bridgehead atoms. The molecule has 7 nitrogen and oxygen atoms in total. The van der Waals surface area contributed by atoms with Gasteiger partial charge in [-0.15, -0.1) is 13.2 Å². The van der Waals surface area contributed by atoms with Gasteiger partial charge in [0.2, 0.25) is 0 Å². The minimum atomic E-state index is -4.88. The van der Waals surface area contributed by atoms with Gasteiger partial charge in [-0.25, -0.2) is 4.79 Å². The second-order valence-electron chi connectivity index (χ2n) is 7.32. The van der Waals surface area contributed by atoms with E-state index in [1.807, 2.05) is 0 Å². The molecule has 0 radical (unpaired) electrons. The highest BCUT2D eigenvalue weighted by atomic mass is 35.5. The van der Waals surface area contributed by atoms with Crippen LogP contribution in [0.5, 0.6) is 17.2 Å². The van der Waals surface area contributed by atoms with Crippen LogP contribution in [-0.4, -0.2) is 33.1 Å². The van der Waals surface area contributed by atoms with Crippen molar-refractivity contribution >= 4 is 34.4 Å². The van der Waals surface area contributed by atoms with E-state index >= 15 is 0 Å². The van der Waals surface area contributed by atoms with Crippen LogP contribution >= 0.6 is 11.6 Å². The summed E-state index contributed by atoms with van der Waals surface area (Å²) in [5, 5.41) is 19.9. The molecule has 0 aliphatic heterocycles. The Morgan fingerprint density at radius 1 is 0.914 bits per heavy atom. The third-order valence-electron chi connectivity index (χ3n) is 4.91. The van der Waals surface area contributed by atoms with Crippen LogP contribution in [-0.2, 0) is 11.2 Å². The molecule has 0 fully saturated rings. The van der Waals surface area contributed by atoms with E-state index in [2.05, 4.69) is 4.74 Å². The zero-order valence-corrected chi connectivity index (χ0v) is 18.3. The molecular formula is C24H15ClF3NO6. The molecule has 4 aromatic rings. The molecule has 0 saturated heterocycles. The maximum Gasteiger partial charge on any atom is 0.573 e. The third kappa shape index (κ3) is 5.33. The van der Waals surface area contributed by atoms with Crippen LogP contribution in [0.3, 0.4) is 0 Å². The number of aromatic nitrogens is 1. The fourth-order valence-electron chi connectivity index (χ4n) is 3.72. The Labute approximate surface area is 200 Å². The third-order valence-corrected chi connectivity index (χ3v) is 5.15. The van der Waals surface area contributed by atoms with Gasteiger partial charge >= 0.3 is 18.3 Å². The Balaban J connectivity index is 1.84. The van der Waals surface area contributed by atoms with Gasteiger partial charge in [0.1, 0.15) is 17.2 Å². The molecule has 1 heterocycles. The summed E-state index contributed by atoms with van der Waals surface area (Å²) in [5.41, 5.74) is 0.598. The van der Waals surface area contributed by atoms with Gasteiger partial charge in [-0.2, -0.15) is 0 Å². The summed E-state index contributed by atoms with van der Waals surface area (Å²) in [6.45, 7) is 0. The standard InChI is InChI=1S/C24H15ClF3NO6/c25-13-3-1-4-14(9-13)29-19-8-7-16(11-18(19)22(23(32)33)20(29)12-21(30)31)34-15-5-2-6-17(10-15)35-24(26,27)28/h1-11H,12H2,(H,30,31)(H,32,33). The predicted molar refractivity (Wildman–Crippen MR) is 120 cm³/mol. The number of halogens is 4. The summed E-state index contributed by atoms with van der Waals surface area (Å²) in [6.07, 6.45) is -5.46. The zero-order valence-electron chi connectivity index (χ0n) is 17.5. The van der Waals surface area contributed by atoms with Crippen molar-refractivity contribution in [3.8, 4) is 22.9 Å². The van der Waals surface area contributed by atoms with Crippen LogP contribution in [0.1, 0.15) is 16.1 Å². The quantitative estimate of drug-likeness (QED) is 0.306. The first-order valence-corrected chi connectivity index (χ1v) is 10.3. The summed E-state index contributed by atoms with van der Waals surface area (Å²) in [7, 11) is 0. The largest absolute Gasteiger partial charge is 0.573 e. The van der Waals surface area contributed by atoms with E-state index in [1.54, 1.807) is 24.3 Å². The molecular weight excluding hydrogens is 491 g/mol. The first-order chi connectivity index (χ1) is 16.5. The lowest BCUT2D eigenvalue weighted by molar-refractivity contribution is -0.274. The summed E-state index contributed by atoms with van der Waals surface area (Å²) in [5.74, 6) is -2.95. The average Bonchev–Trinajstić information content (AvgIpc) is 3.05. The molecule has 0 atom stereocenters. The fraction of sp³-hybridized carbons (Fsp3) is 0.0833. The minimum Gasteiger partial charge on any atom is -0.481 e. The van der Waals surface area contributed by atoms with E-state index in [0.717, 1.165) is 12.1 Å². The Hall–Kier alpha value is -4.18. The number of alkyl halides is 3.